The van der Waals surface area contributed by atoms with E-state index in [4.69, 9.17) is 16.3 Å². The van der Waals surface area contributed by atoms with Gasteiger partial charge in [-0.1, -0.05) is 37.2 Å². The fraction of sp³-hybridized carbons (Fsp3) is 0.667. The van der Waals surface area contributed by atoms with E-state index in [-0.39, 0.29) is 6.10 Å². The standard InChI is InChI=1S/C10H14ClN3OS.C2H6/c1-7-6-14(3-4-15-7)9-5-8(11)12-10(13-9)16-2;1-2/h5,7H,3-4,6H2,1-2H3;1-2H3/t7-;/m0./s1. The Hall–Kier alpha value is -0.520. The van der Waals surface area contributed by atoms with Crippen LogP contribution in [0.25, 0.3) is 0 Å². The molecule has 0 N–H and O–H groups in total. The van der Waals surface area contributed by atoms with E-state index in [0.717, 1.165) is 25.5 Å². The maximum absolute atomic E-state index is 5.96. The zero-order valence-electron chi connectivity index (χ0n) is 11.3. The summed E-state index contributed by atoms with van der Waals surface area (Å²) in [5.41, 5.74) is 0. The summed E-state index contributed by atoms with van der Waals surface area (Å²) in [6.45, 7) is 8.49. The van der Waals surface area contributed by atoms with Gasteiger partial charge in [0.25, 0.3) is 0 Å². The number of anilines is 1. The summed E-state index contributed by atoms with van der Waals surface area (Å²) < 4.78 is 5.49. The van der Waals surface area contributed by atoms with Gasteiger partial charge in [-0.25, -0.2) is 9.97 Å². The summed E-state index contributed by atoms with van der Waals surface area (Å²) in [6, 6.07) is 1.80. The van der Waals surface area contributed by atoms with Gasteiger partial charge in [0.15, 0.2) is 5.16 Å². The van der Waals surface area contributed by atoms with Crippen molar-refractivity contribution in [2.75, 3.05) is 30.9 Å². The molecule has 0 aliphatic carbocycles. The molecule has 0 saturated carbocycles. The molecule has 0 unspecified atom stereocenters. The average Bonchev–Trinajstić information content (AvgIpc) is 2.40. The van der Waals surface area contributed by atoms with Crippen LogP contribution in [-0.4, -0.2) is 42.0 Å². The van der Waals surface area contributed by atoms with Crippen LogP contribution in [-0.2, 0) is 4.74 Å². The molecular weight excluding hydrogens is 270 g/mol. The Morgan fingerprint density at radius 2 is 2.17 bits per heavy atom. The SMILES string of the molecule is CC.CSc1nc(Cl)cc(N2CCO[C@@H](C)C2)n1. The lowest BCUT2D eigenvalue weighted by Crippen LogP contribution is -2.41. The Kier molecular flexibility index (Phi) is 6.75. The van der Waals surface area contributed by atoms with Crippen LogP contribution in [0.2, 0.25) is 5.15 Å². The number of rotatable bonds is 2. The van der Waals surface area contributed by atoms with Gasteiger partial charge in [0.05, 0.1) is 12.7 Å². The second-order valence-electron chi connectivity index (χ2n) is 3.66. The minimum Gasteiger partial charge on any atom is -0.375 e. The predicted molar refractivity (Wildman–Crippen MR) is 77.8 cm³/mol. The molecular formula is C12H20ClN3OS. The van der Waals surface area contributed by atoms with Crippen molar-refractivity contribution in [2.45, 2.75) is 32.0 Å². The largest absolute Gasteiger partial charge is 0.375 e. The van der Waals surface area contributed by atoms with Gasteiger partial charge >= 0.3 is 0 Å². The monoisotopic (exact) mass is 289 g/mol. The Balaban J connectivity index is 0.000000771. The van der Waals surface area contributed by atoms with Gasteiger partial charge in [-0.05, 0) is 13.2 Å². The molecule has 1 aliphatic rings. The minimum atomic E-state index is 0.236. The Morgan fingerprint density at radius 1 is 1.44 bits per heavy atom. The molecule has 2 rings (SSSR count). The van der Waals surface area contributed by atoms with Gasteiger partial charge in [-0.3, -0.25) is 0 Å². The molecule has 1 aliphatic heterocycles. The molecule has 1 aromatic heterocycles. The number of morpholine rings is 1. The molecule has 0 spiro atoms. The summed E-state index contributed by atoms with van der Waals surface area (Å²) in [7, 11) is 0. The normalized spacial score (nSPS) is 19.2. The number of ether oxygens (including phenoxy) is 1. The van der Waals surface area contributed by atoms with E-state index >= 15 is 0 Å². The van der Waals surface area contributed by atoms with Crippen molar-refractivity contribution in [3.8, 4) is 0 Å². The van der Waals surface area contributed by atoms with Crippen LogP contribution in [0.1, 0.15) is 20.8 Å². The summed E-state index contributed by atoms with van der Waals surface area (Å²) in [5, 5.41) is 1.20. The first-order valence-corrected chi connectivity index (χ1v) is 7.74. The molecule has 1 saturated heterocycles. The summed E-state index contributed by atoms with van der Waals surface area (Å²) in [4.78, 5) is 10.8. The van der Waals surface area contributed by atoms with E-state index in [1.54, 1.807) is 6.07 Å². The molecule has 1 aromatic rings. The molecule has 0 bridgehead atoms. The molecule has 0 amide bonds. The first-order valence-electron chi connectivity index (χ1n) is 6.14. The van der Waals surface area contributed by atoms with Gasteiger partial charge < -0.3 is 9.64 Å². The topological polar surface area (TPSA) is 38.2 Å². The molecule has 0 radical (unpaired) electrons. The highest BCUT2D eigenvalue weighted by Gasteiger charge is 2.18. The van der Waals surface area contributed by atoms with Crippen molar-refractivity contribution >= 4 is 29.2 Å². The van der Waals surface area contributed by atoms with Crippen molar-refractivity contribution < 1.29 is 4.74 Å². The smallest absolute Gasteiger partial charge is 0.190 e. The van der Waals surface area contributed by atoms with Crippen LogP contribution in [0.4, 0.5) is 5.82 Å². The maximum atomic E-state index is 5.96. The molecule has 4 nitrogen and oxygen atoms in total. The lowest BCUT2D eigenvalue weighted by Gasteiger charge is -2.32. The molecule has 1 fully saturated rings. The number of hydrogen-bond acceptors (Lipinski definition) is 5. The maximum Gasteiger partial charge on any atom is 0.190 e. The van der Waals surface area contributed by atoms with Gasteiger partial charge in [0, 0.05) is 19.2 Å². The first-order chi connectivity index (χ1) is 8.69. The van der Waals surface area contributed by atoms with Crippen molar-refractivity contribution in [3.05, 3.63) is 11.2 Å². The van der Waals surface area contributed by atoms with Gasteiger partial charge in [-0.2, -0.15) is 0 Å². The highest BCUT2D eigenvalue weighted by molar-refractivity contribution is 7.98. The molecule has 18 heavy (non-hydrogen) atoms. The Labute approximate surface area is 118 Å². The molecule has 1 atom stereocenters. The lowest BCUT2D eigenvalue weighted by molar-refractivity contribution is 0.0529. The van der Waals surface area contributed by atoms with E-state index < -0.39 is 0 Å². The fourth-order valence-electron chi connectivity index (χ4n) is 1.67. The van der Waals surface area contributed by atoms with E-state index in [0.29, 0.717) is 10.3 Å². The van der Waals surface area contributed by atoms with Crippen molar-refractivity contribution in [1.29, 1.82) is 0 Å². The van der Waals surface area contributed by atoms with Crippen LogP contribution >= 0.6 is 23.4 Å². The van der Waals surface area contributed by atoms with E-state index in [1.807, 2.05) is 20.1 Å². The van der Waals surface area contributed by atoms with Crippen LogP contribution < -0.4 is 4.90 Å². The summed E-state index contributed by atoms with van der Waals surface area (Å²) >= 11 is 7.46. The Morgan fingerprint density at radius 3 is 2.78 bits per heavy atom. The molecule has 2 heterocycles. The molecule has 6 heteroatoms. The number of thioether (sulfide) groups is 1. The van der Waals surface area contributed by atoms with Crippen LogP contribution in [0.3, 0.4) is 0 Å². The van der Waals surface area contributed by atoms with Gasteiger partial charge in [0.2, 0.25) is 0 Å². The van der Waals surface area contributed by atoms with Crippen molar-refractivity contribution in [2.24, 2.45) is 0 Å². The third-order valence-electron chi connectivity index (χ3n) is 2.41. The third-order valence-corrected chi connectivity index (χ3v) is 3.15. The average molecular weight is 290 g/mol. The first kappa shape index (κ1) is 15.5. The second kappa shape index (κ2) is 7.81. The predicted octanol–water partition coefficient (Wildman–Crippen LogP) is 3.10. The minimum absolute atomic E-state index is 0.236. The van der Waals surface area contributed by atoms with E-state index in [9.17, 15) is 0 Å². The summed E-state index contributed by atoms with van der Waals surface area (Å²) in [5.74, 6) is 0.888. The van der Waals surface area contributed by atoms with E-state index in [2.05, 4.69) is 21.8 Å². The number of halogens is 1. The number of nitrogens with zero attached hydrogens (tertiary/aromatic N) is 3. The molecule has 102 valence electrons. The third kappa shape index (κ3) is 4.30. The fourth-order valence-corrected chi connectivity index (χ4v) is 2.27. The van der Waals surface area contributed by atoms with E-state index in [1.165, 1.54) is 11.8 Å². The van der Waals surface area contributed by atoms with Crippen LogP contribution in [0, 0.1) is 0 Å². The zero-order valence-corrected chi connectivity index (χ0v) is 12.9. The van der Waals surface area contributed by atoms with Crippen molar-refractivity contribution in [1.82, 2.24) is 9.97 Å². The zero-order chi connectivity index (χ0) is 13.5. The van der Waals surface area contributed by atoms with Crippen LogP contribution in [0.15, 0.2) is 11.2 Å². The highest BCUT2D eigenvalue weighted by atomic mass is 35.5. The Bertz CT molecular complexity index is 378. The molecule has 0 aromatic carbocycles. The number of aromatic nitrogens is 2. The highest BCUT2D eigenvalue weighted by Crippen LogP contribution is 2.21. The van der Waals surface area contributed by atoms with Crippen LogP contribution in [0.5, 0.6) is 0 Å². The summed E-state index contributed by atoms with van der Waals surface area (Å²) in [6.07, 6.45) is 2.18. The quantitative estimate of drug-likeness (QED) is 0.475. The van der Waals surface area contributed by atoms with Crippen molar-refractivity contribution in [3.63, 3.8) is 0 Å². The number of hydrogen-bond donors (Lipinski definition) is 0. The van der Waals surface area contributed by atoms with Gasteiger partial charge in [-0.15, -0.1) is 0 Å². The lowest BCUT2D eigenvalue weighted by atomic mass is 10.3. The second-order valence-corrected chi connectivity index (χ2v) is 4.82. The van der Waals surface area contributed by atoms with Gasteiger partial charge in [0.1, 0.15) is 11.0 Å².